The first-order valence-corrected chi connectivity index (χ1v) is 7.09. The first-order valence-electron chi connectivity index (χ1n) is 5.69. The number of carbonyl (C=O) groups is 1. The summed E-state index contributed by atoms with van der Waals surface area (Å²) < 4.78 is 32.4. The highest BCUT2D eigenvalue weighted by atomic mass is 32.3. The van der Waals surface area contributed by atoms with Crippen LogP contribution in [0.25, 0.3) is 6.08 Å². The zero-order chi connectivity index (χ0) is 16.0. The molecule has 0 aliphatic carbocycles. The molecule has 0 atom stereocenters. The molecule has 0 aliphatic rings. The SMILES string of the molecule is Cc1cc([N+](C)(C)C)ccc1/C=C/C=O.O=S(=O)(O)O. The summed E-state index contributed by atoms with van der Waals surface area (Å²) in [4.78, 5) is 10.2. The molecule has 7 heteroatoms. The molecule has 0 heterocycles. The van der Waals surface area contributed by atoms with Gasteiger partial charge >= 0.3 is 10.4 Å². The first kappa shape index (κ1) is 18.5. The Morgan fingerprint density at radius 3 is 2.00 bits per heavy atom. The van der Waals surface area contributed by atoms with Gasteiger partial charge in [-0.2, -0.15) is 8.42 Å². The molecule has 0 saturated carbocycles. The van der Waals surface area contributed by atoms with Gasteiger partial charge in [0.15, 0.2) is 0 Å². The van der Waals surface area contributed by atoms with Crippen LogP contribution in [0.4, 0.5) is 5.69 Å². The Morgan fingerprint density at radius 1 is 1.15 bits per heavy atom. The van der Waals surface area contributed by atoms with Gasteiger partial charge in [0.05, 0.1) is 21.1 Å². The van der Waals surface area contributed by atoms with Crippen molar-refractivity contribution in [2.75, 3.05) is 21.1 Å². The van der Waals surface area contributed by atoms with Gasteiger partial charge in [0, 0.05) is 6.07 Å². The number of aryl methyl sites for hydroxylation is 1. The minimum absolute atomic E-state index is 0.799. The molecule has 2 N–H and O–H groups in total. The highest BCUT2D eigenvalue weighted by Gasteiger charge is 2.12. The molecule has 0 saturated heterocycles. The number of quaternary nitrogens is 1. The van der Waals surface area contributed by atoms with E-state index >= 15 is 0 Å². The lowest BCUT2D eigenvalue weighted by atomic mass is 10.1. The number of benzene rings is 1. The highest BCUT2D eigenvalue weighted by molar-refractivity contribution is 7.79. The second-order valence-electron chi connectivity index (χ2n) is 5.00. The molecule has 1 aromatic carbocycles. The number of rotatable bonds is 3. The third-order valence-electron chi connectivity index (χ3n) is 2.38. The Kier molecular flexibility index (Phi) is 6.74. The van der Waals surface area contributed by atoms with Gasteiger partial charge in [-0.3, -0.25) is 18.4 Å². The minimum Gasteiger partial charge on any atom is -0.299 e. The lowest BCUT2D eigenvalue weighted by molar-refractivity contribution is -0.104. The molecule has 1 aromatic rings. The average Bonchev–Trinajstić information content (AvgIpc) is 2.23. The van der Waals surface area contributed by atoms with Crippen LogP contribution in [-0.2, 0) is 15.2 Å². The zero-order valence-electron chi connectivity index (χ0n) is 11.9. The third-order valence-corrected chi connectivity index (χ3v) is 2.38. The number of carbonyl (C=O) groups excluding carboxylic acids is 1. The van der Waals surface area contributed by atoms with Crippen molar-refractivity contribution in [1.29, 1.82) is 0 Å². The Hall–Kier alpha value is -1.54. The molecule has 0 bridgehead atoms. The summed E-state index contributed by atoms with van der Waals surface area (Å²) in [5.74, 6) is 0. The lowest BCUT2D eigenvalue weighted by Gasteiger charge is -2.24. The van der Waals surface area contributed by atoms with E-state index in [9.17, 15) is 4.79 Å². The van der Waals surface area contributed by atoms with E-state index in [4.69, 9.17) is 17.5 Å². The summed E-state index contributed by atoms with van der Waals surface area (Å²) in [7, 11) is 1.74. The van der Waals surface area contributed by atoms with Crippen molar-refractivity contribution in [2.45, 2.75) is 6.92 Å². The normalized spacial score (nSPS) is 11.9. The summed E-state index contributed by atoms with van der Waals surface area (Å²) in [6, 6.07) is 6.30. The predicted molar refractivity (Wildman–Crippen MR) is 80.0 cm³/mol. The van der Waals surface area contributed by atoms with Gasteiger partial charge in [-0.25, -0.2) is 0 Å². The summed E-state index contributed by atoms with van der Waals surface area (Å²) in [6.07, 6.45) is 4.16. The van der Waals surface area contributed by atoms with Crippen LogP contribution in [0.5, 0.6) is 0 Å². The largest absolute Gasteiger partial charge is 0.394 e. The third kappa shape index (κ3) is 8.54. The molecule has 0 unspecified atom stereocenters. The molecule has 0 aliphatic heterocycles. The van der Waals surface area contributed by atoms with Crippen LogP contribution in [0.3, 0.4) is 0 Å². The summed E-state index contributed by atoms with van der Waals surface area (Å²) in [6.45, 7) is 2.06. The van der Waals surface area contributed by atoms with E-state index in [-0.39, 0.29) is 0 Å². The maximum absolute atomic E-state index is 10.2. The number of hydrogen-bond acceptors (Lipinski definition) is 3. The molecule has 0 fully saturated rings. The van der Waals surface area contributed by atoms with Gasteiger partial charge in [-0.1, -0.05) is 6.08 Å². The van der Waals surface area contributed by atoms with E-state index in [1.165, 1.54) is 17.3 Å². The van der Waals surface area contributed by atoms with Crippen LogP contribution in [-0.4, -0.2) is 45.0 Å². The monoisotopic (exact) mass is 302 g/mol. The summed E-state index contributed by atoms with van der Waals surface area (Å²) >= 11 is 0. The fourth-order valence-corrected chi connectivity index (χ4v) is 1.41. The first-order chi connectivity index (χ1) is 8.95. The van der Waals surface area contributed by atoms with Crippen molar-refractivity contribution in [1.82, 2.24) is 4.48 Å². The van der Waals surface area contributed by atoms with Crippen molar-refractivity contribution in [3.8, 4) is 0 Å². The molecule has 0 aromatic heterocycles. The van der Waals surface area contributed by atoms with Gasteiger partial charge in [-0.05, 0) is 36.3 Å². The number of allylic oxidation sites excluding steroid dienone is 1. The van der Waals surface area contributed by atoms with E-state index in [0.717, 1.165) is 16.3 Å². The second-order valence-corrected chi connectivity index (χ2v) is 5.89. The molecular formula is C13H20NO5S+. The van der Waals surface area contributed by atoms with Crippen molar-refractivity contribution in [3.63, 3.8) is 0 Å². The maximum Gasteiger partial charge on any atom is 0.394 e. The predicted octanol–water partition coefficient (Wildman–Crippen LogP) is 1.75. The zero-order valence-corrected chi connectivity index (χ0v) is 12.8. The Labute approximate surface area is 119 Å². The molecule has 0 spiro atoms. The van der Waals surface area contributed by atoms with Crippen molar-refractivity contribution >= 4 is 28.4 Å². The van der Waals surface area contributed by atoms with Crippen LogP contribution in [0, 0.1) is 6.92 Å². The lowest BCUT2D eigenvalue weighted by Crippen LogP contribution is -2.34. The average molecular weight is 302 g/mol. The molecule has 20 heavy (non-hydrogen) atoms. The quantitative estimate of drug-likeness (QED) is 0.384. The molecule has 0 amide bonds. The van der Waals surface area contributed by atoms with E-state index in [2.05, 4.69) is 40.2 Å². The topological polar surface area (TPSA) is 91.7 Å². The van der Waals surface area contributed by atoms with Crippen LogP contribution < -0.4 is 4.48 Å². The van der Waals surface area contributed by atoms with Gasteiger partial charge in [0.25, 0.3) is 0 Å². The highest BCUT2D eigenvalue weighted by Crippen LogP contribution is 2.21. The van der Waals surface area contributed by atoms with E-state index in [1.54, 1.807) is 0 Å². The minimum atomic E-state index is -4.67. The van der Waals surface area contributed by atoms with Crippen LogP contribution >= 0.6 is 0 Å². The second kappa shape index (κ2) is 7.30. The van der Waals surface area contributed by atoms with Crippen molar-refractivity contribution in [2.24, 2.45) is 0 Å². The van der Waals surface area contributed by atoms with E-state index in [1.807, 2.05) is 12.1 Å². The Morgan fingerprint density at radius 2 is 1.65 bits per heavy atom. The number of hydrogen-bond donors (Lipinski definition) is 2. The Bertz CT molecular complexity index is 577. The fraction of sp³-hybridized carbons (Fsp3) is 0.308. The van der Waals surface area contributed by atoms with E-state index < -0.39 is 10.4 Å². The fourth-order valence-electron chi connectivity index (χ4n) is 1.41. The number of nitrogens with zero attached hydrogens (tertiary/aromatic N) is 1. The standard InChI is InChI=1S/C13H18NO.H2O4S/c1-11-10-13(14(2,3)4)8-7-12(11)6-5-9-15;1-5(2,3)4/h5-10H,1-4H3;(H2,1,2,3,4)/q+1;/b6-5+;. The smallest absolute Gasteiger partial charge is 0.299 e. The van der Waals surface area contributed by atoms with Crippen molar-refractivity contribution < 1.29 is 22.3 Å². The molecular weight excluding hydrogens is 282 g/mol. The van der Waals surface area contributed by atoms with Gasteiger partial charge < -0.3 is 0 Å². The maximum atomic E-state index is 10.2. The van der Waals surface area contributed by atoms with Crippen LogP contribution in [0.15, 0.2) is 24.3 Å². The molecule has 1 rings (SSSR count). The Balaban J connectivity index is 0.000000621. The summed E-state index contributed by atoms with van der Waals surface area (Å²) in [5.41, 5.74) is 3.55. The van der Waals surface area contributed by atoms with Gasteiger partial charge in [0.1, 0.15) is 12.0 Å². The van der Waals surface area contributed by atoms with Crippen LogP contribution in [0.1, 0.15) is 11.1 Å². The van der Waals surface area contributed by atoms with Gasteiger partial charge in [-0.15, -0.1) is 0 Å². The molecule has 6 nitrogen and oxygen atoms in total. The molecule has 112 valence electrons. The van der Waals surface area contributed by atoms with Gasteiger partial charge in [0.2, 0.25) is 0 Å². The van der Waals surface area contributed by atoms with Crippen molar-refractivity contribution in [3.05, 3.63) is 35.4 Å². The molecule has 0 radical (unpaired) electrons. The van der Waals surface area contributed by atoms with Crippen LogP contribution in [0.2, 0.25) is 0 Å². The number of aldehydes is 1. The van der Waals surface area contributed by atoms with E-state index in [0.29, 0.717) is 0 Å². The summed E-state index contributed by atoms with van der Waals surface area (Å²) in [5, 5.41) is 0.